The van der Waals surface area contributed by atoms with Gasteiger partial charge in [0, 0.05) is 37.8 Å². The van der Waals surface area contributed by atoms with Crippen LogP contribution >= 0.6 is 23.2 Å². The minimum absolute atomic E-state index is 0.00732. The summed E-state index contributed by atoms with van der Waals surface area (Å²) in [6, 6.07) is 8.63. The van der Waals surface area contributed by atoms with Crippen molar-refractivity contribution in [3.8, 4) is 0 Å². The molecule has 0 spiro atoms. The number of likely N-dealkylation sites (tertiary alicyclic amines) is 1. The predicted octanol–water partition coefficient (Wildman–Crippen LogP) is 3.73. The van der Waals surface area contributed by atoms with Crippen LogP contribution in [0.4, 0.5) is 5.69 Å². The molecule has 7 nitrogen and oxygen atoms in total. The van der Waals surface area contributed by atoms with Crippen molar-refractivity contribution in [2.45, 2.75) is 17.7 Å². The van der Waals surface area contributed by atoms with Gasteiger partial charge in [0.05, 0.1) is 16.3 Å². The van der Waals surface area contributed by atoms with Crippen molar-refractivity contribution in [3.63, 3.8) is 0 Å². The molecule has 0 bridgehead atoms. The number of carbonyl (C=O) groups is 2. The van der Waals surface area contributed by atoms with Crippen LogP contribution in [0.25, 0.3) is 0 Å². The van der Waals surface area contributed by atoms with Gasteiger partial charge in [-0.2, -0.15) is 0 Å². The summed E-state index contributed by atoms with van der Waals surface area (Å²) in [4.78, 5) is 27.2. The van der Waals surface area contributed by atoms with Crippen LogP contribution in [-0.4, -0.2) is 56.6 Å². The number of amides is 2. The predicted molar refractivity (Wildman–Crippen MR) is 117 cm³/mol. The minimum atomic E-state index is -3.84. The molecule has 0 radical (unpaired) electrons. The lowest BCUT2D eigenvalue weighted by Crippen LogP contribution is -2.29. The minimum Gasteiger partial charge on any atom is -0.339 e. The number of rotatable bonds is 5. The maximum atomic E-state index is 12.9. The van der Waals surface area contributed by atoms with E-state index in [1.807, 2.05) is 0 Å². The van der Waals surface area contributed by atoms with Gasteiger partial charge in [-0.15, -0.1) is 0 Å². The molecular weight excluding hydrogens is 449 g/mol. The molecule has 2 aromatic carbocycles. The second-order valence-corrected chi connectivity index (χ2v) is 10.0. The molecule has 2 amide bonds. The van der Waals surface area contributed by atoms with Crippen LogP contribution in [0, 0.1) is 0 Å². The van der Waals surface area contributed by atoms with Crippen molar-refractivity contribution < 1.29 is 18.0 Å². The van der Waals surface area contributed by atoms with Gasteiger partial charge in [-0.05, 0) is 49.2 Å². The molecular formula is C20H21Cl2N3O4S. The number of anilines is 1. The average molecular weight is 470 g/mol. The van der Waals surface area contributed by atoms with Gasteiger partial charge < -0.3 is 10.2 Å². The number of halogens is 2. The third-order valence-electron chi connectivity index (χ3n) is 4.81. The Kier molecular flexibility index (Phi) is 6.71. The van der Waals surface area contributed by atoms with E-state index in [1.165, 1.54) is 38.4 Å². The first-order valence-corrected chi connectivity index (χ1v) is 11.4. The van der Waals surface area contributed by atoms with Crippen LogP contribution in [0.3, 0.4) is 0 Å². The highest BCUT2D eigenvalue weighted by Crippen LogP contribution is 2.27. The summed E-state index contributed by atoms with van der Waals surface area (Å²) in [5.41, 5.74) is 0.667. The highest BCUT2D eigenvalue weighted by Gasteiger charge is 2.25. The van der Waals surface area contributed by atoms with E-state index in [9.17, 15) is 18.0 Å². The van der Waals surface area contributed by atoms with Gasteiger partial charge in [0.2, 0.25) is 10.0 Å². The van der Waals surface area contributed by atoms with Gasteiger partial charge in [0.1, 0.15) is 4.90 Å². The molecule has 10 heteroatoms. The molecule has 1 fully saturated rings. The Bertz CT molecular complexity index is 1100. The smallest absolute Gasteiger partial charge is 0.255 e. The van der Waals surface area contributed by atoms with Crippen molar-refractivity contribution in [3.05, 3.63) is 57.6 Å². The highest BCUT2D eigenvalue weighted by molar-refractivity contribution is 7.89. The van der Waals surface area contributed by atoms with Crippen LogP contribution in [-0.2, 0) is 10.0 Å². The lowest BCUT2D eigenvalue weighted by atomic mass is 10.1. The second kappa shape index (κ2) is 8.93. The lowest BCUT2D eigenvalue weighted by molar-refractivity contribution is 0.0794. The Morgan fingerprint density at radius 1 is 1.03 bits per heavy atom. The van der Waals surface area contributed by atoms with Crippen molar-refractivity contribution in [2.75, 3.05) is 32.5 Å². The fraction of sp³-hybridized carbons (Fsp3) is 0.300. The van der Waals surface area contributed by atoms with E-state index in [2.05, 4.69) is 5.32 Å². The maximum Gasteiger partial charge on any atom is 0.255 e. The van der Waals surface area contributed by atoms with E-state index in [-0.39, 0.29) is 27.1 Å². The zero-order chi connectivity index (χ0) is 22.1. The Morgan fingerprint density at radius 3 is 2.33 bits per heavy atom. The van der Waals surface area contributed by atoms with Gasteiger partial charge in [0.15, 0.2) is 0 Å². The summed E-state index contributed by atoms with van der Waals surface area (Å²) in [6.07, 6.45) is 1.88. The van der Waals surface area contributed by atoms with Gasteiger partial charge in [0.25, 0.3) is 11.8 Å². The molecule has 0 aliphatic carbocycles. The van der Waals surface area contributed by atoms with Crippen LogP contribution in [0.1, 0.15) is 33.6 Å². The molecule has 1 aliphatic rings. The summed E-state index contributed by atoms with van der Waals surface area (Å²) in [6.45, 7) is 1.33. The van der Waals surface area contributed by atoms with Crippen molar-refractivity contribution >= 4 is 50.7 Å². The molecule has 0 saturated carbocycles. The number of carbonyl (C=O) groups excluding carboxylic acids is 2. The molecule has 0 atom stereocenters. The van der Waals surface area contributed by atoms with Gasteiger partial charge in [-0.25, -0.2) is 12.7 Å². The number of hydrogen-bond acceptors (Lipinski definition) is 4. The van der Waals surface area contributed by atoms with Crippen LogP contribution in [0.5, 0.6) is 0 Å². The number of sulfonamides is 1. The number of nitrogens with zero attached hydrogens (tertiary/aromatic N) is 2. The summed E-state index contributed by atoms with van der Waals surface area (Å²) in [5.74, 6) is -0.772. The second-order valence-electron chi connectivity index (χ2n) is 7.08. The SMILES string of the molecule is CN(C)S(=O)(=O)c1cc(C(=O)Nc2cc(Cl)ccc2C(=O)N2CCCC2)ccc1Cl. The quantitative estimate of drug-likeness (QED) is 0.722. The first kappa shape index (κ1) is 22.6. The first-order chi connectivity index (χ1) is 14.1. The van der Waals surface area contributed by atoms with Crippen molar-refractivity contribution in [1.82, 2.24) is 9.21 Å². The number of benzene rings is 2. The van der Waals surface area contributed by atoms with Crippen LogP contribution in [0.15, 0.2) is 41.3 Å². The Hall–Kier alpha value is -2.13. The van der Waals surface area contributed by atoms with Crippen LogP contribution < -0.4 is 5.32 Å². The maximum absolute atomic E-state index is 12.9. The number of hydrogen-bond donors (Lipinski definition) is 1. The lowest BCUT2D eigenvalue weighted by Gasteiger charge is -2.18. The average Bonchev–Trinajstić information content (AvgIpc) is 3.22. The normalized spacial score (nSPS) is 14.2. The molecule has 1 saturated heterocycles. The molecule has 1 N–H and O–H groups in total. The highest BCUT2D eigenvalue weighted by atomic mass is 35.5. The van der Waals surface area contributed by atoms with Gasteiger partial charge >= 0.3 is 0 Å². The molecule has 1 aliphatic heterocycles. The molecule has 160 valence electrons. The fourth-order valence-electron chi connectivity index (χ4n) is 3.13. The monoisotopic (exact) mass is 469 g/mol. The zero-order valence-corrected chi connectivity index (χ0v) is 18.8. The van der Waals surface area contributed by atoms with E-state index >= 15 is 0 Å². The van der Waals surface area contributed by atoms with Gasteiger partial charge in [-0.1, -0.05) is 23.2 Å². The van der Waals surface area contributed by atoms with Crippen molar-refractivity contribution in [1.29, 1.82) is 0 Å². The van der Waals surface area contributed by atoms with Crippen LogP contribution in [0.2, 0.25) is 10.0 Å². The van der Waals surface area contributed by atoms with E-state index < -0.39 is 15.9 Å². The zero-order valence-electron chi connectivity index (χ0n) is 16.5. The van der Waals surface area contributed by atoms with E-state index in [0.717, 1.165) is 17.1 Å². The van der Waals surface area contributed by atoms with E-state index in [0.29, 0.717) is 23.7 Å². The molecule has 0 unspecified atom stereocenters. The summed E-state index contributed by atoms with van der Waals surface area (Å²) in [5, 5.41) is 3.04. The molecule has 2 aromatic rings. The van der Waals surface area contributed by atoms with E-state index in [1.54, 1.807) is 17.0 Å². The molecule has 1 heterocycles. The molecule has 3 rings (SSSR count). The fourth-order valence-corrected chi connectivity index (χ4v) is 4.70. The Morgan fingerprint density at radius 2 is 1.70 bits per heavy atom. The van der Waals surface area contributed by atoms with Gasteiger partial charge in [-0.3, -0.25) is 9.59 Å². The standard InChI is InChI=1S/C20H21Cl2N3O4S/c1-24(2)30(28,29)18-11-13(5-8-16(18)22)19(26)23-17-12-14(21)6-7-15(17)20(27)25-9-3-4-10-25/h5-8,11-12H,3-4,9-10H2,1-2H3,(H,23,26). The summed E-state index contributed by atoms with van der Waals surface area (Å²) < 4.78 is 25.9. The Balaban J connectivity index is 1.93. The Labute approximate surface area is 185 Å². The molecule has 30 heavy (non-hydrogen) atoms. The summed E-state index contributed by atoms with van der Waals surface area (Å²) in [7, 11) is -1.09. The van der Waals surface area contributed by atoms with Crippen molar-refractivity contribution in [2.24, 2.45) is 0 Å². The largest absolute Gasteiger partial charge is 0.339 e. The third-order valence-corrected chi connectivity index (χ3v) is 7.34. The number of nitrogens with one attached hydrogen (secondary N) is 1. The first-order valence-electron chi connectivity index (χ1n) is 9.23. The third kappa shape index (κ3) is 4.62. The summed E-state index contributed by atoms with van der Waals surface area (Å²) >= 11 is 12.1. The molecule has 0 aromatic heterocycles. The topological polar surface area (TPSA) is 86.8 Å². The van der Waals surface area contributed by atoms with E-state index in [4.69, 9.17) is 23.2 Å².